The Kier molecular flexibility index (Phi) is 2.94. The molecule has 1 N–H and O–H groups in total. The SMILES string of the molecule is CC(C)n1nnc(CCC(=O)O)n1. The third-order valence-electron chi connectivity index (χ3n) is 1.49. The molecule has 1 heterocycles. The molecule has 0 atom stereocenters. The van der Waals surface area contributed by atoms with Crippen LogP contribution in [0.5, 0.6) is 0 Å². The highest BCUT2D eigenvalue weighted by atomic mass is 16.4. The number of aromatic nitrogens is 4. The van der Waals surface area contributed by atoms with Crippen molar-refractivity contribution in [3.8, 4) is 0 Å². The van der Waals surface area contributed by atoms with Crippen molar-refractivity contribution in [3.05, 3.63) is 5.82 Å². The van der Waals surface area contributed by atoms with Crippen molar-refractivity contribution in [2.24, 2.45) is 0 Å². The van der Waals surface area contributed by atoms with Crippen LogP contribution in [0.4, 0.5) is 0 Å². The van der Waals surface area contributed by atoms with Gasteiger partial charge in [0.1, 0.15) is 0 Å². The molecule has 0 amide bonds. The van der Waals surface area contributed by atoms with Crippen molar-refractivity contribution >= 4 is 5.97 Å². The molecular weight excluding hydrogens is 172 g/mol. The Morgan fingerprint density at radius 1 is 1.62 bits per heavy atom. The third-order valence-corrected chi connectivity index (χ3v) is 1.49. The Morgan fingerprint density at radius 3 is 2.77 bits per heavy atom. The van der Waals surface area contributed by atoms with Gasteiger partial charge in [-0.25, -0.2) is 0 Å². The molecule has 0 saturated heterocycles. The van der Waals surface area contributed by atoms with Gasteiger partial charge >= 0.3 is 5.97 Å². The van der Waals surface area contributed by atoms with Crippen LogP contribution in [0, 0.1) is 0 Å². The Labute approximate surface area is 75.6 Å². The molecule has 0 aliphatic carbocycles. The van der Waals surface area contributed by atoms with Crippen LogP contribution in [0.25, 0.3) is 0 Å². The first kappa shape index (κ1) is 9.63. The normalized spacial score (nSPS) is 10.7. The van der Waals surface area contributed by atoms with Crippen molar-refractivity contribution in [2.45, 2.75) is 32.7 Å². The smallest absolute Gasteiger partial charge is 0.303 e. The van der Waals surface area contributed by atoms with E-state index in [0.29, 0.717) is 12.2 Å². The number of rotatable bonds is 4. The number of hydrogen-bond donors (Lipinski definition) is 1. The maximum absolute atomic E-state index is 10.2. The molecule has 0 aliphatic heterocycles. The highest BCUT2D eigenvalue weighted by molar-refractivity contribution is 5.66. The summed E-state index contributed by atoms with van der Waals surface area (Å²) in [6.07, 6.45) is 0.381. The minimum Gasteiger partial charge on any atom is -0.481 e. The van der Waals surface area contributed by atoms with Crippen LogP contribution in [0.1, 0.15) is 32.1 Å². The summed E-state index contributed by atoms with van der Waals surface area (Å²) in [5.74, 6) is -0.364. The first-order chi connectivity index (χ1) is 6.09. The lowest BCUT2D eigenvalue weighted by atomic mass is 10.3. The Hall–Kier alpha value is -1.46. The first-order valence-corrected chi connectivity index (χ1v) is 4.09. The van der Waals surface area contributed by atoms with E-state index < -0.39 is 5.97 Å². The second-order valence-electron chi connectivity index (χ2n) is 3.01. The summed E-state index contributed by atoms with van der Waals surface area (Å²) in [4.78, 5) is 11.7. The van der Waals surface area contributed by atoms with E-state index in [4.69, 9.17) is 5.11 Å². The number of tetrazole rings is 1. The highest BCUT2D eigenvalue weighted by Crippen LogP contribution is 1.99. The van der Waals surface area contributed by atoms with Gasteiger partial charge in [0.2, 0.25) is 0 Å². The van der Waals surface area contributed by atoms with E-state index in [-0.39, 0.29) is 12.5 Å². The van der Waals surface area contributed by atoms with Crippen molar-refractivity contribution in [3.63, 3.8) is 0 Å². The highest BCUT2D eigenvalue weighted by Gasteiger charge is 2.06. The topological polar surface area (TPSA) is 80.9 Å². The van der Waals surface area contributed by atoms with E-state index in [0.717, 1.165) is 0 Å². The van der Waals surface area contributed by atoms with Gasteiger partial charge in [-0.15, -0.1) is 10.2 Å². The van der Waals surface area contributed by atoms with Crippen LogP contribution in [0.15, 0.2) is 0 Å². The molecule has 0 bridgehead atoms. The molecule has 0 aliphatic rings. The number of aliphatic carboxylic acids is 1. The van der Waals surface area contributed by atoms with Crippen LogP contribution in [0.3, 0.4) is 0 Å². The predicted octanol–water partition coefficient (Wildman–Crippen LogP) is 0.271. The zero-order valence-corrected chi connectivity index (χ0v) is 7.64. The van der Waals surface area contributed by atoms with Gasteiger partial charge in [-0.05, 0) is 19.1 Å². The van der Waals surface area contributed by atoms with Crippen molar-refractivity contribution in [1.82, 2.24) is 20.2 Å². The molecule has 0 fully saturated rings. The van der Waals surface area contributed by atoms with Gasteiger partial charge in [0.15, 0.2) is 5.82 Å². The number of carbonyl (C=O) groups is 1. The summed E-state index contributed by atoms with van der Waals surface area (Å²) >= 11 is 0. The third kappa shape index (κ3) is 2.81. The van der Waals surface area contributed by atoms with E-state index in [1.807, 2.05) is 13.8 Å². The quantitative estimate of drug-likeness (QED) is 0.726. The van der Waals surface area contributed by atoms with E-state index in [1.54, 1.807) is 0 Å². The van der Waals surface area contributed by atoms with Crippen LogP contribution in [-0.4, -0.2) is 31.3 Å². The molecule has 72 valence electrons. The van der Waals surface area contributed by atoms with Crippen molar-refractivity contribution in [1.29, 1.82) is 0 Å². The monoisotopic (exact) mass is 184 g/mol. The summed E-state index contributed by atoms with van der Waals surface area (Å²) in [7, 11) is 0. The maximum atomic E-state index is 10.2. The molecule has 0 unspecified atom stereocenters. The lowest BCUT2D eigenvalue weighted by Crippen LogP contribution is -2.05. The number of nitrogens with zero attached hydrogens (tertiary/aromatic N) is 4. The summed E-state index contributed by atoms with van der Waals surface area (Å²) in [5.41, 5.74) is 0. The summed E-state index contributed by atoms with van der Waals surface area (Å²) < 4.78 is 0. The number of carboxylic acid groups (broad SMARTS) is 1. The number of carboxylic acids is 1. The van der Waals surface area contributed by atoms with E-state index in [9.17, 15) is 4.79 Å². The molecule has 1 aromatic heterocycles. The van der Waals surface area contributed by atoms with Gasteiger partial charge in [-0.3, -0.25) is 4.79 Å². The molecule has 1 aromatic rings. The second-order valence-corrected chi connectivity index (χ2v) is 3.01. The zero-order valence-electron chi connectivity index (χ0n) is 7.64. The fourth-order valence-electron chi connectivity index (χ4n) is 0.793. The average molecular weight is 184 g/mol. The van der Waals surface area contributed by atoms with E-state index >= 15 is 0 Å². The zero-order chi connectivity index (χ0) is 9.84. The number of hydrogen-bond acceptors (Lipinski definition) is 4. The largest absolute Gasteiger partial charge is 0.481 e. The standard InChI is InChI=1S/C7H12N4O2/c1-5(2)11-9-6(8-10-11)3-4-7(12)13/h5H,3-4H2,1-2H3,(H,12,13). The van der Waals surface area contributed by atoms with Gasteiger partial charge in [0.25, 0.3) is 0 Å². The number of aryl methyl sites for hydroxylation is 1. The van der Waals surface area contributed by atoms with Crippen molar-refractivity contribution in [2.75, 3.05) is 0 Å². The second kappa shape index (κ2) is 3.97. The van der Waals surface area contributed by atoms with Gasteiger partial charge in [-0.1, -0.05) is 0 Å². The molecule has 6 heteroatoms. The van der Waals surface area contributed by atoms with Crippen molar-refractivity contribution < 1.29 is 9.90 Å². The van der Waals surface area contributed by atoms with E-state index in [1.165, 1.54) is 4.80 Å². The Bertz CT molecular complexity index is 294. The molecule has 0 aromatic carbocycles. The minimum absolute atomic E-state index is 0.0454. The molecule has 13 heavy (non-hydrogen) atoms. The van der Waals surface area contributed by atoms with Gasteiger partial charge in [0, 0.05) is 6.42 Å². The lowest BCUT2D eigenvalue weighted by Gasteiger charge is -1.98. The fourth-order valence-corrected chi connectivity index (χ4v) is 0.793. The Morgan fingerprint density at radius 2 is 2.31 bits per heavy atom. The molecule has 0 radical (unpaired) electrons. The average Bonchev–Trinajstić information content (AvgIpc) is 2.48. The van der Waals surface area contributed by atoms with Crippen LogP contribution in [-0.2, 0) is 11.2 Å². The maximum Gasteiger partial charge on any atom is 0.303 e. The predicted molar refractivity (Wildman–Crippen MR) is 44.2 cm³/mol. The fraction of sp³-hybridized carbons (Fsp3) is 0.714. The summed E-state index contributed by atoms with van der Waals surface area (Å²) in [5, 5.41) is 19.9. The van der Waals surface area contributed by atoms with E-state index in [2.05, 4.69) is 15.4 Å². The Balaban J connectivity index is 2.54. The van der Waals surface area contributed by atoms with Crippen LogP contribution >= 0.6 is 0 Å². The van der Waals surface area contributed by atoms with Crippen LogP contribution < -0.4 is 0 Å². The van der Waals surface area contributed by atoms with Crippen LogP contribution in [0.2, 0.25) is 0 Å². The summed E-state index contributed by atoms with van der Waals surface area (Å²) in [6, 6.07) is 0.158. The first-order valence-electron chi connectivity index (χ1n) is 4.09. The van der Waals surface area contributed by atoms with Gasteiger partial charge in [0.05, 0.1) is 12.5 Å². The van der Waals surface area contributed by atoms with Gasteiger partial charge in [-0.2, -0.15) is 4.80 Å². The molecule has 0 spiro atoms. The molecule has 0 saturated carbocycles. The summed E-state index contributed by atoms with van der Waals surface area (Å²) in [6.45, 7) is 3.87. The molecule has 1 rings (SSSR count). The van der Waals surface area contributed by atoms with Gasteiger partial charge < -0.3 is 5.11 Å². The lowest BCUT2D eigenvalue weighted by molar-refractivity contribution is -0.137. The molecular formula is C7H12N4O2. The molecule has 6 nitrogen and oxygen atoms in total. The minimum atomic E-state index is -0.846.